The first-order valence-corrected chi connectivity index (χ1v) is 10.3. The van der Waals surface area contributed by atoms with Crippen LogP contribution in [-0.2, 0) is 15.1 Å². The minimum atomic E-state index is -1.38. The van der Waals surface area contributed by atoms with Gasteiger partial charge in [0.05, 0.1) is 17.5 Å². The van der Waals surface area contributed by atoms with Crippen molar-refractivity contribution in [1.82, 2.24) is 15.5 Å². The van der Waals surface area contributed by atoms with Crippen LogP contribution in [0.3, 0.4) is 0 Å². The standard InChI is InChI=1S/C22H24N4O5/c1-22(17-11-6-12-31-17)20(29)26(21(30)25-22)13-18(27)24-16-10-5-4-9-15(16)19(28)23-14-7-2-3-8-14/h4-6,9-12,14H,2-3,7-8,13H2,1H3,(H,23,28)(H,24,27)(H,25,30). The van der Waals surface area contributed by atoms with Gasteiger partial charge in [0, 0.05) is 6.04 Å². The topological polar surface area (TPSA) is 121 Å². The number of hydrogen-bond acceptors (Lipinski definition) is 5. The van der Waals surface area contributed by atoms with Crippen molar-refractivity contribution in [3.63, 3.8) is 0 Å². The van der Waals surface area contributed by atoms with Gasteiger partial charge in [0.2, 0.25) is 5.91 Å². The highest BCUT2D eigenvalue weighted by Crippen LogP contribution is 2.29. The molecule has 1 atom stereocenters. The number of amides is 5. The maximum absolute atomic E-state index is 12.8. The molecule has 2 heterocycles. The van der Waals surface area contributed by atoms with Gasteiger partial charge in [-0.3, -0.25) is 19.3 Å². The van der Waals surface area contributed by atoms with Gasteiger partial charge >= 0.3 is 6.03 Å². The van der Waals surface area contributed by atoms with Crippen LogP contribution in [0.1, 0.15) is 48.7 Å². The second-order valence-electron chi connectivity index (χ2n) is 7.97. The van der Waals surface area contributed by atoms with Crippen molar-refractivity contribution >= 4 is 29.4 Å². The van der Waals surface area contributed by atoms with Gasteiger partial charge in [0.15, 0.2) is 5.54 Å². The zero-order valence-corrected chi connectivity index (χ0v) is 17.1. The summed E-state index contributed by atoms with van der Waals surface area (Å²) in [4.78, 5) is 51.3. The Bertz CT molecular complexity index is 1010. The second-order valence-corrected chi connectivity index (χ2v) is 7.97. The third kappa shape index (κ3) is 4.03. The molecule has 2 aliphatic rings. The zero-order valence-electron chi connectivity index (χ0n) is 17.1. The number of nitrogens with zero attached hydrogens (tertiary/aromatic N) is 1. The highest BCUT2D eigenvalue weighted by atomic mass is 16.3. The van der Waals surface area contributed by atoms with Crippen LogP contribution in [0, 0.1) is 0 Å². The fourth-order valence-corrected chi connectivity index (χ4v) is 4.03. The van der Waals surface area contributed by atoms with Crippen molar-refractivity contribution in [2.24, 2.45) is 0 Å². The normalized spacial score (nSPS) is 21.3. The van der Waals surface area contributed by atoms with Crippen LogP contribution >= 0.6 is 0 Å². The Labute approximate surface area is 179 Å². The third-order valence-corrected chi connectivity index (χ3v) is 5.73. The lowest BCUT2D eigenvalue weighted by molar-refractivity contribution is -0.134. The number of rotatable bonds is 6. The maximum Gasteiger partial charge on any atom is 0.325 e. The third-order valence-electron chi connectivity index (χ3n) is 5.73. The SMILES string of the molecule is CC1(c2ccco2)NC(=O)N(CC(=O)Nc2ccccc2C(=O)NC2CCCC2)C1=O. The van der Waals surface area contributed by atoms with Crippen molar-refractivity contribution in [2.75, 3.05) is 11.9 Å². The molecule has 1 aliphatic carbocycles. The molecule has 1 saturated carbocycles. The Hall–Kier alpha value is -3.62. The van der Waals surface area contributed by atoms with E-state index >= 15 is 0 Å². The average molecular weight is 424 g/mol. The molecule has 1 unspecified atom stereocenters. The summed E-state index contributed by atoms with van der Waals surface area (Å²) in [5.41, 5.74) is -0.718. The predicted molar refractivity (Wildman–Crippen MR) is 111 cm³/mol. The molecule has 9 nitrogen and oxygen atoms in total. The first-order valence-electron chi connectivity index (χ1n) is 10.3. The first kappa shape index (κ1) is 20.6. The van der Waals surface area contributed by atoms with Gasteiger partial charge in [-0.05, 0) is 44.0 Å². The molecule has 1 saturated heterocycles. The van der Waals surface area contributed by atoms with Gasteiger partial charge in [-0.25, -0.2) is 4.79 Å². The van der Waals surface area contributed by atoms with Gasteiger partial charge in [0.25, 0.3) is 11.8 Å². The molecule has 1 aliphatic heterocycles. The summed E-state index contributed by atoms with van der Waals surface area (Å²) < 4.78 is 5.28. The van der Waals surface area contributed by atoms with Gasteiger partial charge < -0.3 is 20.4 Å². The molecule has 0 radical (unpaired) electrons. The second kappa shape index (κ2) is 8.25. The van der Waals surface area contributed by atoms with Crippen LogP contribution in [0.2, 0.25) is 0 Å². The molecule has 2 aromatic rings. The monoisotopic (exact) mass is 424 g/mol. The van der Waals surface area contributed by atoms with Crippen molar-refractivity contribution in [3.05, 3.63) is 54.0 Å². The molecule has 0 spiro atoms. The fourth-order valence-electron chi connectivity index (χ4n) is 4.03. The lowest BCUT2D eigenvalue weighted by Crippen LogP contribution is -2.42. The van der Waals surface area contributed by atoms with E-state index in [1.54, 1.807) is 36.4 Å². The van der Waals surface area contributed by atoms with Gasteiger partial charge in [-0.15, -0.1) is 0 Å². The number of carbonyl (C=O) groups is 4. The first-order chi connectivity index (χ1) is 14.9. The number of imide groups is 1. The van der Waals surface area contributed by atoms with E-state index in [0.717, 1.165) is 30.6 Å². The molecule has 1 aromatic heterocycles. The number of para-hydroxylation sites is 1. The molecule has 1 aromatic carbocycles. The highest BCUT2D eigenvalue weighted by molar-refractivity contribution is 6.11. The van der Waals surface area contributed by atoms with Gasteiger partial charge in [-0.1, -0.05) is 25.0 Å². The van der Waals surface area contributed by atoms with E-state index in [2.05, 4.69) is 16.0 Å². The zero-order chi connectivity index (χ0) is 22.0. The van der Waals surface area contributed by atoms with Crippen molar-refractivity contribution < 1.29 is 23.6 Å². The number of urea groups is 1. The van der Waals surface area contributed by atoms with E-state index in [0.29, 0.717) is 11.3 Å². The molecular formula is C22H24N4O5. The fraction of sp³-hybridized carbons (Fsp3) is 0.364. The van der Waals surface area contributed by atoms with E-state index in [1.807, 2.05) is 0 Å². The van der Waals surface area contributed by atoms with E-state index in [4.69, 9.17) is 4.42 Å². The van der Waals surface area contributed by atoms with Crippen molar-refractivity contribution in [3.8, 4) is 0 Å². The van der Waals surface area contributed by atoms with Crippen molar-refractivity contribution in [2.45, 2.75) is 44.2 Å². The quantitative estimate of drug-likeness (QED) is 0.615. The molecule has 9 heteroatoms. The average Bonchev–Trinajstić information content (AvgIpc) is 3.49. The summed E-state index contributed by atoms with van der Waals surface area (Å²) in [5.74, 6) is -1.16. The number of nitrogens with one attached hydrogen (secondary N) is 3. The number of benzene rings is 1. The number of hydrogen-bond donors (Lipinski definition) is 3. The number of furan rings is 1. The smallest absolute Gasteiger partial charge is 0.325 e. The molecule has 162 valence electrons. The Morgan fingerprint density at radius 2 is 1.90 bits per heavy atom. The van der Waals surface area contributed by atoms with Crippen LogP contribution in [0.25, 0.3) is 0 Å². The molecular weight excluding hydrogens is 400 g/mol. The van der Waals surface area contributed by atoms with Crippen LogP contribution in [0.5, 0.6) is 0 Å². The van der Waals surface area contributed by atoms with Gasteiger partial charge in [0.1, 0.15) is 12.3 Å². The Morgan fingerprint density at radius 3 is 2.61 bits per heavy atom. The lowest BCUT2D eigenvalue weighted by Gasteiger charge is -2.19. The molecule has 3 N–H and O–H groups in total. The molecule has 4 rings (SSSR count). The van der Waals surface area contributed by atoms with E-state index in [1.165, 1.54) is 13.2 Å². The van der Waals surface area contributed by atoms with Crippen LogP contribution in [0.15, 0.2) is 47.1 Å². The summed E-state index contributed by atoms with van der Waals surface area (Å²) in [6.45, 7) is 1.03. The Balaban J connectivity index is 1.44. The summed E-state index contributed by atoms with van der Waals surface area (Å²) >= 11 is 0. The molecule has 2 fully saturated rings. The van der Waals surface area contributed by atoms with E-state index in [9.17, 15) is 19.2 Å². The van der Waals surface area contributed by atoms with E-state index < -0.39 is 29.9 Å². The minimum Gasteiger partial charge on any atom is -0.466 e. The van der Waals surface area contributed by atoms with Crippen LogP contribution in [-0.4, -0.2) is 41.2 Å². The number of anilines is 1. The minimum absolute atomic E-state index is 0.140. The van der Waals surface area contributed by atoms with E-state index in [-0.39, 0.29) is 17.7 Å². The molecule has 5 amide bonds. The Kier molecular flexibility index (Phi) is 5.50. The highest BCUT2D eigenvalue weighted by Gasteiger charge is 2.51. The summed E-state index contributed by atoms with van der Waals surface area (Å²) in [6.07, 6.45) is 5.48. The molecule has 0 bridgehead atoms. The maximum atomic E-state index is 12.8. The lowest BCUT2D eigenvalue weighted by atomic mass is 9.99. The van der Waals surface area contributed by atoms with Gasteiger partial charge in [-0.2, -0.15) is 0 Å². The predicted octanol–water partition coefficient (Wildman–Crippen LogP) is 2.36. The number of carbonyl (C=O) groups excluding carboxylic acids is 4. The summed E-state index contributed by atoms with van der Waals surface area (Å²) in [7, 11) is 0. The largest absolute Gasteiger partial charge is 0.466 e. The van der Waals surface area contributed by atoms with Crippen LogP contribution < -0.4 is 16.0 Å². The van der Waals surface area contributed by atoms with Crippen molar-refractivity contribution in [1.29, 1.82) is 0 Å². The Morgan fingerprint density at radius 1 is 1.16 bits per heavy atom. The molecule has 31 heavy (non-hydrogen) atoms. The summed E-state index contributed by atoms with van der Waals surface area (Å²) in [5, 5.41) is 8.21. The van der Waals surface area contributed by atoms with Crippen LogP contribution in [0.4, 0.5) is 10.5 Å². The summed E-state index contributed by atoms with van der Waals surface area (Å²) in [6, 6.07) is 9.30.